The van der Waals surface area contributed by atoms with E-state index in [1.54, 1.807) is 27.7 Å². The predicted molar refractivity (Wildman–Crippen MR) is 68.3 cm³/mol. The van der Waals surface area contributed by atoms with Gasteiger partial charge in [0.1, 0.15) is 22.0 Å². The molecular weight excluding hydrogens is 284 g/mol. The average Bonchev–Trinajstić information content (AvgIpc) is 2.93. The lowest BCUT2D eigenvalue weighted by Crippen LogP contribution is -2.31. The average molecular weight is 300 g/mol. The Morgan fingerprint density at radius 2 is 1.80 bits per heavy atom. The highest BCUT2D eigenvalue weighted by Crippen LogP contribution is 2.24. The van der Waals surface area contributed by atoms with Crippen LogP contribution >= 0.6 is 0 Å². The van der Waals surface area contributed by atoms with Crippen LogP contribution in [0.2, 0.25) is 0 Å². The van der Waals surface area contributed by atoms with Crippen LogP contribution in [-0.4, -0.2) is 34.7 Å². The van der Waals surface area contributed by atoms with E-state index < -0.39 is 10.0 Å². The first-order valence-electron chi connectivity index (χ1n) is 6.09. The van der Waals surface area contributed by atoms with Crippen LogP contribution in [0.1, 0.15) is 29.8 Å². The summed E-state index contributed by atoms with van der Waals surface area (Å²) in [6.07, 6.45) is 0. The van der Waals surface area contributed by atoms with Gasteiger partial charge in [0.25, 0.3) is 0 Å². The molecule has 2 aromatic rings. The molecule has 110 valence electrons. The summed E-state index contributed by atoms with van der Waals surface area (Å²) in [5, 5.41) is 11.0. The molecule has 0 atom stereocenters. The lowest BCUT2D eigenvalue weighted by Gasteiger charge is -2.18. The third-order valence-electron chi connectivity index (χ3n) is 2.99. The van der Waals surface area contributed by atoms with E-state index in [2.05, 4.69) is 20.1 Å². The number of hydrogen-bond donors (Lipinski definition) is 0. The molecule has 2 heterocycles. The van der Waals surface area contributed by atoms with Crippen molar-refractivity contribution in [3.63, 3.8) is 0 Å². The van der Waals surface area contributed by atoms with E-state index in [9.17, 15) is 8.42 Å². The number of sulfonamides is 1. The molecule has 0 N–H and O–H groups in total. The molecule has 0 amide bonds. The van der Waals surface area contributed by atoms with E-state index >= 15 is 0 Å². The van der Waals surface area contributed by atoms with Crippen LogP contribution in [0.15, 0.2) is 14.0 Å². The first-order valence-corrected chi connectivity index (χ1v) is 7.53. The Labute approximate surface area is 116 Å². The predicted octanol–water partition coefficient (Wildman–Crippen LogP) is 1.19. The molecule has 0 saturated carbocycles. The number of aromatic nitrogens is 3. The largest absolute Gasteiger partial charge is 0.360 e. The Bertz CT molecular complexity index is 684. The molecule has 0 unspecified atom stereocenters. The summed E-state index contributed by atoms with van der Waals surface area (Å²) in [4.78, 5) is 0.105. The summed E-state index contributed by atoms with van der Waals surface area (Å²) in [7, 11) is -3.69. The van der Waals surface area contributed by atoms with Gasteiger partial charge in [0.15, 0.2) is 5.76 Å². The summed E-state index contributed by atoms with van der Waals surface area (Å²) in [5.41, 5.74) is 1.40. The third kappa shape index (κ3) is 2.46. The van der Waals surface area contributed by atoms with Crippen molar-refractivity contribution < 1.29 is 17.6 Å². The van der Waals surface area contributed by atoms with Crippen LogP contribution in [0.4, 0.5) is 0 Å². The lowest BCUT2D eigenvalue weighted by molar-refractivity contribution is 0.296. The SMILES string of the molecule is CCN(Cc1nonc1C)S(=O)(=O)c1c(C)noc1C. The van der Waals surface area contributed by atoms with Crippen molar-refractivity contribution in [2.24, 2.45) is 0 Å². The highest BCUT2D eigenvalue weighted by Gasteiger charge is 2.31. The van der Waals surface area contributed by atoms with Crippen LogP contribution in [-0.2, 0) is 16.6 Å². The molecule has 0 aliphatic rings. The molecule has 0 aliphatic carbocycles. The molecule has 20 heavy (non-hydrogen) atoms. The van der Waals surface area contributed by atoms with Gasteiger partial charge in [0.05, 0.1) is 6.54 Å². The fraction of sp³-hybridized carbons (Fsp3) is 0.545. The van der Waals surface area contributed by atoms with Gasteiger partial charge in [-0.3, -0.25) is 0 Å². The number of aryl methyl sites for hydroxylation is 3. The molecule has 9 heteroatoms. The quantitative estimate of drug-likeness (QED) is 0.817. The minimum atomic E-state index is -3.69. The van der Waals surface area contributed by atoms with Crippen molar-refractivity contribution in [1.82, 2.24) is 19.8 Å². The topological polar surface area (TPSA) is 102 Å². The number of hydrogen-bond acceptors (Lipinski definition) is 7. The van der Waals surface area contributed by atoms with Gasteiger partial charge < -0.3 is 4.52 Å². The fourth-order valence-corrected chi connectivity index (χ4v) is 3.60. The second-order valence-corrected chi connectivity index (χ2v) is 6.26. The first-order chi connectivity index (χ1) is 9.37. The molecule has 2 aromatic heterocycles. The van der Waals surface area contributed by atoms with Crippen molar-refractivity contribution in [3.05, 3.63) is 22.8 Å². The van der Waals surface area contributed by atoms with Gasteiger partial charge in [-0.15, -0.1) is 0 Å². The van der Waals surface area contributed by atoms with Crippen LogP contribution in [0, 0.1) is 20.8 Å². The standard InChI is InChI=1S/C11H16N4O4S/c1-5-15(6-10-7(2)13-19-14-10)20(16,17)11-8(3)12-18-9(11)4/h5-6H2,1-4H3. The van der Waals surface area contributed by atoms with E-state index in [-0.39, 0.29) is 17.2 Å². The van der Waals surface area contributed by atoms with Crippen molar-refractivity contribution >= 4 is 10.0 Å². The third-order valence-corrected chi connectivity index (χ3v) is 5.16. The molecule has 0 saturated heterocycles. The molecule has 0 fully saturated rings. The van der Waals surface area contributed by atoms with Crippen molar-refractivity contribution in [1.29, 1.82) is 0 Å². The van der Waals surface area contributed by atoms with Gasteiger partial charge in [-0.05, 0) is 20.8 Å². The van der Waals surface area contributed by atoms with Gasteiger partial charge in [-0.2, -0.15) is 4.31 Å². The number of rotatable bonds is 5. The highest BCUT2D eigenvalue weighted by molar-refractivity contribution is 7.89. The van der Waals surface area contributed by atoms with E-state index in [4.69, 9.17) is 4.52 Å². The Morgan fingerprint density at radius 1 is 1.10 bits per heavy atom. The van der Waals surface area contributed by atoms with Gasteiger partial charge in [0.2, 0.25) is 10.0 Å². The summed E-state index contributed by atoms with van der Waals surface area (Å²) in [6, 6.07) is 0. The van der Waals surface area contributed by atoms with Crippen LogP contribution in [0.3, 0.4) is 0 Å². The molecule has 2 rings (SSSR count). The zero-order valence-corrected chi connectivity index (χ0v) is 12.6. The second kappa shape index (κ2) is 5.33. The van der Waals surface area contributed by atoms with E-state index in [1.807, 2.05) is 0 Å². The smallest absolute Gasteiger partial charge is 0.248 e. The molecule has 0 radical (unpaired) electrons. The zero-order chi connectivity index (χ0) is 14.9. The van der Waals surface area contributed by atoms with E-state index in [1.165, 1.54) is 4.31 Å². The molecule has 0 aliphatic heterocycles. The summed E-state index contributed by atoms with van der Waals surface area (Å²) in [5.74, 6) is 0.274. The monoisotopic (exact) mass is 300 g/mol. The molecule has 8 nitrogen and oxygen atoms in total. The number of nitrogens with zero attached hydrogens (tertiary/aromatic N) is 4. The molecule has 0 aromatic carbocycles. The van der Waals surface area contributed by atoms with Crippen LogP contribution in [0.25, 0.3) is 0 Å². The maximum Gasteiger partial charge on any atom is 0.248 e. The molecule has 0 spiro atoms. The zero-order valence-electron chi connectivity index (χ0n) is 11.7. The first kappa shape index (κ1) is 14.7. The Morgan fingerprint density at radius 3 is 2.25 bits per heavy atom. The summed E-state index contributed by atoms with van der Waals surface area (Å²) >= 11 is 0. The minimum Gasteiger partial charge on any atom is -0.360 e. The van der Waals surface area contributed by atoms with Gasteiger partial charge in [-0.25, -0.2) is 13.0 Å². The maximum absolute atomic E-state index is 12.7. The minimum absolute atomic E-state index is 0.0955. The molecule has 0 bridgehead atoms. The van der Waals surface area contributed by atoms with E-state index in [0.717, 1.165) is 0 Å². The lowest BCUT2D eigenvalue weighted by atomic mass is 10.3. The molecular formula is C11H16N4O4S. The Hall–Kier alpha value is -1.74. The fourth-order valence-electron chi connectivity index (χ4n) is 1.90. The second-order valence-electron chi connectivity index (χ2n) is 4.38. The van der Waals surface area contributed by atoms with Crippen LogP contribution in [0.5, 0.6) is 0 Å². The summed E-state index contributed by atoms with van der Waals surface area (Å²) < 4.78 is 36.1. The van der Waals surface area contributed by atoms with Gasteiger partial charge >= 0.3 is 0 Å². The van der Waals surface area contributed by atoms with E-state index in [0.29, 0.717) is 23.6 Å². The van der Waals surface area contributed by atoms with Gasteiger partial charge in [-0.1, -0.05) is 22.4 Å². The van der Waals surface area contributed by atoms with Crippen LogP contribution < -0.4 is 0 Å². The normalized spacial score (nSPS) is 12.2. The van der Waals surface area contributed by atoms with Crippen molar-refractivity contribution in [2.45, 2.75) is 39.1 Å². The summed E-state index contributed by atoms with van der Waals surface area (Å²) in [6.45, 7) is 7.02. The maximum atomic E-state index is 12.7. The van der Waals surface area contributed by atoms with Crippen molar-refractivity contribution in [3.8, 4) is 0 Å². The highest BCUT2D eigenvalue weighted by atomic mass is 32.2. The Balaban J connectivity index is 2.38. The Kier molecular flexibility index (Phi) is 3.91. The van der Waals surface area contributed by atoms with Gasteiger partial charge in [0, 0.05) is 6.54 Å². The van der Waals surface area contributed by atoms with Crippen molar-refractivity contribution in [2.75, 3.05) is 6.54 Å².